The number of esters is 1. The summed E-state index contributed by atoms with van der Waals surface area (Å²) >= 11 is 6.87. The van der Waals surface area contributed by atoms with Crippen molar-refractivity contribution in [3.63, 3.8) is 0 Å². The van der Waals surface area contributed by atoms with Gasteiger partial charge in [0.25, 0.3) is 0 Å². The van der Waals surface area contributed by atoms with Crippen molar-refractivity contribution < 1.29 is 9.53 Å². The molecule has 0 aliphatic heterocycles. The summed E-state index contributed by atoms with van der Waals surface area (Å²) in [6.07, 6.45) is 1.82. The quantitative estimate of drug-likeness (QED) is 0.617. The van der Waals surface area contributed by atoms with E-state index in [1.165, 1.54) is 24.0 Å². The Labute approximate surface area is 145 Å². The van der Waals surface area contributed by atoms with Crippen LogP contribution in [0.3, 0.4) is 0 Å². The molecule has 23 heavy (non-hydrogen) atoms. The first-order valence-corrected chi connectivity index (χ1v) is 8.67. The summed E-state index contributed by atoms with van der Waals surface area (Å²) in [6.45, 7) is 4.15. The molecule has 0 aliphatic rings. The number of hydrogen-bond acceptors (Lipinski definition) is 4. The fraction of sp³-hybridized carbons (Fsp3) is 0.294. The number of ether oxygens (including phenoxy) is 1. The third-order valence-corrected chi connectivity index (χ3v) is 4.76. The van der Waals surface area contributed by atoms with Crippen molar-refractivity contribution in [2.45, 2.75) is 26.7 Å². The fourth-order valence-electron chi connectivity index (χ4n) is 2.11. The van der Waals surface area contributed by atoms with Gasteiger partial charge in [0, 0.05) is 10.6 Å². The average molecular weight is 348 g/mol. The topological polar surface area (TPSA) is 50.4 Å². The van der Waals surface area contributed by atoms with Crippen LogP contribution < -0.4 is 10.6 Å². The van der Waals surface area contributed by atoms with E-state index in [1.54, 1.807) is 0 Å². The lowest BCUT2D eigenvalue weighted by Crippen LogP contribution is -2.20. The maximum atomic E-state index is 11.9. The Morgan fingerprint density at radius 3 is 2.65 bits per heavy atom. The van der Waals surface area contributed by atoms with Crippen molar-refractivity contribution in [1.29, 1.82) is 0 Å². The molecule has 0 saturated heterocycles. The molecule has 6 heteroatoms. The van der Waals surface area contributed by atoms with Crippen LogP contribution >= 0.6 is 23.6 Å². The Kier molecular flexibility index (Phi) is 6.12. The van der Waals surface area contributed by atoms with Crippen LogP contribution in [0.15, 0.2) is 30.3 Å². The number of thiocarbonyl (C=S) groups is 1. The van der Waals surface area contributed by atoms with Crippen LogP contribution in [0.2, 0.25) is 0 Å². The summed E-state index contributed by atoms with van der Waals surface area (Å²) in [6, 6.07) is 9.92. The maximum absolute atomic E-state index is 11.9. The smallest absolute Gasteiger partial charge is 0.340 e. The second-order valence-electron chi connectivity index (χ2n) is 4.93. The molecule has 122 valence electrons. The molecular weight excluding hydrogens is 328 g/mol. The van der Waals surface area contributed by atoms with Gasteiger partial charge in [0.05, 0.1) is 12.7 Å². The third kappa shape index (κ3) is 4.53. The van der Waals surface area contributed by atoms with E-state index in [0.29, 0.717) is 15.7 Å². The highest BCUT2D eigenvalue weighted by atomic mass is 32.1. The Morgan fingerprint density at radius 2 is 2.00 bits per heavy atom. The number of anilines is 2. The van der Waals surface area contributed by atoms with Gasteiger partial charge in [0.15, 0.2) is 5.11 Å². The van der Waals surface area contributed by atoms with Crippen LogP contribution in [-0.2, 0) is 17.6 Å². The van der Waals surface area contributed by atoms with Gasteiger partial charge in [-0.05, 0) is 48.8 Å². The minimum atomic E-state index is -0.362. The number of aryl methyl sites for hydroxylation is 2. The minimum Gasteiger partial charge on any atom is -0.465 e. The highest BCUT2D eigenvalue weighted by Gasteiger charge is 2.17. The zero-order valence-corrected chi connectivity index (χ0v) is 15.1. The highest BCUT2D eigenvalue weighted by molar-refractivity contribution is 7.80. The Morgan fingerprint density at radius 1 is 1.22 bits per heavy atom. The van der Waals surface area contributed by atoms with Crippen LogP contribution in [0.4, 0.5) is 10.7 Å². The van der Waals surface area contributed by atoms with Gasteiger partial charge in [-0.25, -0.2) is 4.79 Å². The third-order valence-electron chi connectivity index (χ3n) is 3.36. The predicted octanol–water partition coefficient (Wildman–Crippen LogP) is 4.47. The Balaban J connectivity index is 2.13. The van der Waals surface area contributed by atoms with E-state index in [9.17, 15) is 4.79 Å². The highest BCUT2D eigenvalue weighted by Crippen LogP contribution is 2.29. The zero-order valence-electron chi connectivity index (χ0n) is 13.4. The SMILES string of the molecule is CCc1cccc(NC(=S)Nc2sc(CC)cc2C(=O)OC)c1. The van der Waals surface area contributed by atoms with Crippen molar-refractivity contribution in [3.05, 3.63) is 46.3 Å². The predicted molar refractivity (Wildman–Crippen MR) is 101 cm³/mol. The molecule has 1 aromatic heterocycles. The van der Waals surface area contributed by atoms with Crippen LogP contribution in [0, 0.1) is 0 Å². The van der Waals surface area contributed by atoms with E-state index in [-0.39, 0.29) is 5.97 Å². The minimum absolute atomic E-state index is 0.362. The molecule has 0 aliphatic carbocycles. The molecule has 1 aromatic carbocycles. The van der Waals surface area contributed by atoms with E-state index >= 15 is 0 Å². The molecule has 0 saturated carbocycles. The molecule has 0 bridgehead atoms. The number of rotatable bonds is 5. The van der Waals surface area contributed by atoms with Gasteiger partial charge >= 0.3 is 5.97 Å². The molecule has 0 amide bonds. The van der Waals surface area contributed by atoms with E-state index in [2.05, 4.69) is 29.7 Å². The summed E-state index contributed by atoms with van der Waals surface area (Å²) in [7, 11) is 1.38. The van der Waals surface area contributed by atoms with Gasteiger partial charge in [0.1, 0.15) is 5.00 Å². The van der Waals surface area contributed by atoms with E-state index in [4.69, 9.17) is 17.0 Å². The number of benzene rings is 1. The van der Waals surface area contributed by atoms with Gasteiger partial charge in [-0.1, -0.05) is 26.0 Å². The fourth-order valence-corrected chi connectivity index (χ4v) is 3.38. The van der Waals surface area contributed by atoms with Crippen LogP contribution in [-0.4, -0.2) is 18.2 Å². The molecule has 0 spiro atoms. The van der Waals surface area contributed by atoms with E-state index in [0.717, 1.165) is 23.4 Å². The maximum Gasteiger partial charge on any atom is 0.340 e. The first-order valence-electron chi connectivity index (χ1n) is 7.45. The average Bonchev–Trinajstić information content (AvgIpc) is 2.97. The second kappa shape index (κ2) is 8.08. The number of methoxy groups -OCH3 is 1. The molecule has 0 radical (unpaired) electrons. The molecule has 1 heterocycles. The molecule has 0 atom stereocenters. The lowest BCUT2D eigenvalue weighted by Gasteiger charge is -2.11. The molecule has 0 fully saturated rings. The summed E-state index contributed by atoms with van der Waals surface area (Å²) in [4.78, 5) is 13.0. The van der Waals surface area contributed by atoms with Crippen molar-refractivity contribution in [1.82, 2.24) is 0 Å². The van der Waals surface area contributed by atoms with Gasteiger partial charge in [-0.2, -0.15) is 0 Å². The first kappa shape index (κ1) is 17.4. The van der Waals surface area contributed by atoms with Crippen molar-refractivity contribution in [2.24, 2.45) is 0 Å². The van der Waals surface area contributed by atoms with Crippen LogP contribution in [0.25, 0.3) is 0 Å². The summed E-state index contributed by atoms with van der Waals surface area (Å²) < 4.78 is 4.83. The number of hydrogen-bond donors (Lipinski definition) is 2. The van der Waals surface area contributed by atoms with Gasteiger partial charge in [-0.15, -0.1) is 11.3 Å². The van der Waals surface area contributed by atoms with Gasteiger partial charge in [0.2, 0.25) is 0 Å². The number of thiophene rings is 1. The van der Waals surface area contributed by atoms with Crippen LogP contribution in [0.1, 0.15) is 34.6 Å². The number of carbonyl (C=O) groups is 1. The largest absolute Gasteiger partial charge is 0.465 e. The molecule has 2 rings (SSSR count). The normalized spacial score (nSPS) is 10.2. The number of carbonyl (C=O) groups excluding carboxylic acids is 1. The monoisotopic (exact) mass is 348 g/mol. The molecule has 2 N–H and O–H groups in total. The lowest BCUT2D eigenvalue weighted by atomic mass is 10.1. The van der Waals surface area contributed by atoms with Crippen molar-refractivity contribution in [3.8, 4) is 0 Å². The molecule has 2 aromatic rings. The second-order valence-corrected chi connectivity index (χ2v) is 6.48. The zero-order chi connectivity index (χ0) is 16.8. The van der Waals surface area contributed by atoms with Crippen LogP contribution in [0.5, 0.6) is 0 Å². The van der Waals surface area contributed by atoms with Gasteiger partial charge in [-0.3, -0.25) is 0 Å². The first-order chi connectivity index (χ1) is 11.1. The molecule has 4 nitrogen and oxygen atoms in total. The van der Waals surface area contributed by atoms with Gasteiger partial charge < -0.3 is 15.4 Å². The van der Waals surface area contributed by atoms with E-state index in [1.807, 2.05) is 25.1 Å². The Bertz CT molecular complexity index is 710. The summed E-state index contributed by atoms with van der Waals surface area (Å²) in [5, 5.41) is 7.41. The van der Waals surface area contributed by atoms with Crippen molar-refractivity contribution in [2.75, 3.05) is 17.7 Å². The molecule has 0 unspecified atom stereocenters. The Hall–Kier alpha value is -1.92. The van der Waals surface area contributed by atoms with Crippen molar-refractivity contribution >= 4 is 45.3 Å². The lowest BCUT2D eigenvalue weighted by molar-refractivity contribution is 0.0602. The summed E-state index contributed by atoms with van der Waals surface area (Å²) in [5.74, 6) is -0.362. The molecular formula is C17H20N2O2S2. The summed E-state index contributed by atoms with van der Waals surface area (Å²) in [5.41, 5.74) is 2.67. The number of nitrogens with one attached hydrogen (secondary N) is 2. The van der Waals surface area contributed by atoms with E-state index < -0.39 is 0 Å². The standard InChI is InChI=1S/C17H20N2O2S2/c1-4-11-7-6-8-12(9-11)18-17(22)19-15-14(16(20)21-3)10-13(5-2)23-15/h6-10H,4-5H2,1-3H3,(H2,18,19,22).